The molecule has 1 aromatic carbocycles. The smallest absolute Gasteiger partial charge is 0.335 e. The molecule has 2 aliphatic rings. The van der Waals surface area contributed by atoms with E-state index in [9.17, 15) is 4.79 Å². The van der Waals surface area contributed by atoms with Crippen LogP contribution in [-0.2, 0) is 23.7 Å². The highest BCUT2D eigenvalue weighted by molar-refractivity contribution is 5.74. The second-order valence-electron chi connectivity index (χ2n) is 4.67. The number of methoxy groups -OCH3 is 1. The Hall–Kier alpha value is -1.43. The van der Waals surface area contributed by atoms with E-state index in [2.05, 4.69) is 4.74 Å². The Morgan fingerprint density at radius 1 is 1.21 bits per heavy atom. The molecule has 4 atom stereocenters. The van der Waals surface area contributed by atoms with Gasteiger partial charge in [0.15, 0.2) is 12.4 Å². The molecule has 1 aromatic rings. The van der Waals surface area contributed by atoms with Gasteiger partial charge in [-0.3, -0.25) is 0 Å². The molecule has 0 saturated carbocycles. The second kappa shape index (κ2) is 5.28. The molecule has 102 valence electrons. The summed E-state index contributed by atoms with van der Waals surface area (Å²) < 4.78 is 21.8. The van der Waals surface area contributed by atoms with Gasteiger partial charge in [-0.15, -0.1) is 0 Å². The second-order valence-corrected chi connectivity index (χ2v) is 4.67. The minimum absolute atomic E-state index is 0.119. The van der Waals surface area contributed by atoms with Crippen LogP contribution in [0.1, 0.15) is 18.3 Å². The van der Waals surface area contributed by atoms with Crippen LogP contribution in [0.15, 0.2) is 30.3 Å². The van der Waals surface area contributed by atoms with Gasteiger partial charge in [0, 0.05) is 12.0 Å². The Bertz CT molecular complexity index is 446. The molecular weight excluding hydrogens is 248 g/mol. The molecule has 0 bridgehead atoms. The van der Waals surface area contributed by atoms with Gasteiger partial charge in [-0.1, -0.05) is 30.3 Å². The van der Waals surface area contributed by atoms with E-state index in [-0.39, 0.29) is 24.5 Å². The minimum Gasteiger partial charge on any atom is -0.467 e. The summed E-state index contributed by atoms with van der Waals surface area (Å²) in [5.74, 6) is -0.356. The largest absolute Gasteiger partial charge is 0.467 e. The van der Waals surface area contributed by atoms with Gasteiger partial charge in [0.25, 0.3) is 0 Å². The zero-order valence-corrected chi connectivity index (χ0v) is 10.7. The summed E-state index contributed by atoms with van der Waals surface area (Å²) in [6.07, 6.45) is -0.699. The number of rotatable bonds is 2. The van der Waals surface area contributed by atoms with Crippen LogP contribution in [0.25, 0.3) is 0 Å². The van der Waals surface area contributed by atoms with E-state index < -0.39 is 6.10 Å². The van der Waals surface area contributed by atoms with E-state index in [0.29, 0.717) is 13.0 Å². The van der Waals surface area contributed by atoms with Gasteiger partial charge in [0.05, 0.1) is 19.8 Å². The van der Waals surface area contributed by atoms with E-state index in [0.717, 1.165) is 5.56 Å². The summed E-state index contributed by atoms with van der Waals surface area (Å²) >= 11 is 0. The van der Waals surface area contributed by atoms with Gasteiger partial charge in [-0.2, -0.15) is 0 Å². The van der Waals surface area contributed by atoms with Crippen molar-refractivity contribution < 1.29 is 23.7 Å². The summed E-state index contributed by atoms with van der Waals surface area (Å²) in [6, 6.07) is 9.75. The third-order valence-electron chi connectivity index (χ3n) is 3.46. The van der Waals surface area contributed by atoms with E-state index in [1.807, 2.05) is 30.3 Å². The van der Waals surface area contributed by atoms with Crippen LogP contribution >= 0.6 is 0 Å². The Kier molecular flexibility index (Phi) is 3.50. The molecule has 0 amide bonds. The number of carbonyl (C=O) groups is 1. The molecule has 19 heavy (non-hydrogen) atoms. The summed E-state index contributed by atoms with van der Waals surface area (Å²) in [4.78, 5) is 11.5. The van der Waals surface area contributed by atoms with Crippen molar-refractivity contribution >= 4 is 5.97 Å². The van der Waals surface area contributed by atoms with Crippen molar-refractivity contribution in [2.75, 3.05) is 13.7 Å². The van der Waals surface area contributed by atoms with Crippen molar-refractivity contribution in [1.82, 2.24) is 0 Å². The molecule has 5 nitrogen and oxygen atoms in total. The van der Waals surface area contributed by atoms with Crippen LogP contribution in [-0.4, -0.2) is 38.0 Å². The molecule has 0 aromatic heterocycles. The van der Waals surface area contributed by atoms with Gasteiger partial charge in [0.2, 0.25) is 0 Å². The third kappa shape index (κ3) is 2.49. The van der Waals surface area contributed by atoms with Crippen LogP contribution in [0, 0.1) is 0 Å². The van der Waals surface area contributed by atoms with Crippen molar-refractivity contribution in [2.24, 2.45) is 0 Å². The Labute approximate surface area is 111 Å². The van der Waals surface area contributed by atoms with Crippen molar-refractivity contribution in [2.45, 2.75) is 31.0 Å². The van der Waals surface area contributed by atoms with E-state index in [4.69, 9.17) is 14.2 Å². The van der Waals surface area contributed by atoms with Crippen LogP contribution in [0.4, 0.5) is 0 Å². The molecular formula is C14H16O5. The lowest BCUT2D eigenvalue weighted by molar-refractivity contribution is -0.163. The molecule has 1 unspecified atom stereocenters. The first-order valence-corrected chi connectivity index (χ1v) is 6.33. The first-order chi connectivity index (χ1) is 9.28. The molecule has 0 N–H and O–H groups in total. The molecule has 0 radical (unpaired) electrons. The number of hydrogen-bond acceptors (Lipinski definition) is 5. The maximum absolute atomic E-state index is 11.5. The lowest BCUT2D eigenvalue weighted by Crippen LogP contribution is -2.43. The maximum atomic E-state index is 11.5. The molecule has 5 heteroatoms. The van der Waals surface area contributed by atoms with Crippen LogP contribution < -0.4 is 0 Å². The van der Waals surface area contributed by atoms with E-state index in [1.54, 1.807) is 0 Å². The predicted octanol–water partition coefficient (Wildman–Crippen LogP) is 1.43. The van der Waals surface area contributed by atoms with Crippen molar-refractivity contribution in [3.63, 3.8) is 0 Å². The minimum atomic E-state index is -0.552. The number of carbonyl (C=O) groups excluding carboxylic acids is 1. The van der Waals surface area contributed by atoms with Gasteiger partial charge in [0.1, 0.15) is 6.10 Å². The first-order valence-electron chi connectivity index (χ1n) is 6.33. The topological polar surface area (TPSA) is 54.0 Å². The fraction of sp³-hybridized carbons (Fsp3) is 0.500. The fourth-order valence-corrected chi connectivity index (χ4v) is 2.43. The summed E-state index contributed by atoms with van der Waals surface area (Å²) in [5.41, 5.74) is 0.978. The molecule has 0 spiro atoms. The fourth-order valence-electron chi connectivity index (χ4n) is 2.43. The zero-order valence-electron chi connectivity index (χ0n) is 10.7. The Balaban J connectivity index is 1.67. The van der Waals surface area contributed by atoms with Gasteiger partial charge >= 0.3 is 5.97 Å². The SMILES string of the molecule is COC(=O)[C@H]1C[C@@H]2OC(c3ccccc3)O[C@@H]2CO1. The van der Waals surface area contributed by atoms with Crippen LogP contribution in [0.2, 0.25) is 0 Å². The normalized spacial score (nSPS) is 33.7. The summed E-state index contributed by atoms with van der Waals surface area (Å²) in [6.45, 7) is 0.355. The van der Waals surface area contributed by atoms with Gasteiger partial charge < -0.3 is 18.9 Å². The van der Waals surface area contributed by atoms with Gasteiger partial charge in [-0.25, -0.2) is 4.79 Å². The monoisotopic (exact) mass is 264 g/mol. The van der Waals surface area contributed by atoms with Gasteiger partial charge in [-0.05, 0) is 0 Å². The predicted molar refractivity (Wildman–Crippen MR) is 65.3 cm³/mol. The average molecular weight is 264 g/mol. The maximum Gasteiger partial charge on any atom is 0.335 e. The highest BCUT2D eigenvalue weighted by Gasteiger charge is 2.44. The Morgan fingerprint density at radius 3 is 2.68 bits per heavy atom. The number of ether oxygens (including phenoxy) is 4. The summed E-state index contributed by atoms with van der Waals surface area (Å²) in [7, 11) is 1.36. The zero-order chi connectivity index (χ0) is 13.2. The molecule has 2 heterocycles. The quantitative estimate of drug-likeness (QED) is 0.756. The first kappa shape index (κ1) is 12.6. The van der Waals surface area contributed by atoms with Crippen LogP contribution in [0.3, 0.4) is 0 Å². The third-order valence-corrected chi connectivity index (χ3v) is 3.46. The molecule has 2 fully saturated rings. The average Bonchev–Trinajstić information content (AvgIpc) is 2.90. The number of esters is 1. The lowest BCUT2D eigenvalue weighted by atomic mass is 10.0. The number of benzene rings is 1. The van der Waals surface area contributed by atoms with E-state index >= 15 is 0 Å². The summed E-state index contributed by atoms with van der Waals surface area (Å²) in [5, 5.41) is 0. The molecule has 0 aliphatic carbocycles. The highest BCUT2D eigenvalue weighted by Crippen LogP contribution is 2.36. The number of hydrogen-bond donors (Lipinski definition) is 0. The lowest BCUT2D eigenvalue weighted by Gasteiger charge is -2.27. The highest BCUT2D eigenvalue weighted by atomic mass is 16.7. The molecule has 2 saturated heterocycles. The number of fused-ring (bicyclic) bond motifs is 1. The van der Waals surface area contributed by atoms with E-state index in [1.165, 1.54) is 7.11 Å². The molecule has 2 aliphatic heterocycles. The molecule has 3 rings (SSSR count). The van der Waals surface area contributed by atoms with Crippen molar-refractivity contribution in [1.29, 1.82) is 0 Å². The van der Waals surface area contributed by atoms with Crippen LogP contribution in [0.5, 0.6) is 0 Å². The Morgan fingerprint density at radius 2 is 1.95 bits per heavy atom. The van der Waals surface area contributed by atoms with Crippen molar-refractivity contribution in [3.8, 4) is 0 Å². The van der Waals surface area contributed by atoms with Crippen molar-refractivity contribution in [3.05, 3.63) is 35.9 Å². The standard InChI is InChI=1S/C14H16O5/c1-16-13(15)11-7-10-12(8-17-11)19-14(18-10)9-5-3-2-4-6-9/h2-6,10-12,14H,7-8H2,1H3/t10-,11+,12+,14?/m0/s1.